The van der Waals surface area contributed by atoms with Gasteiger partial charge in [-0.1, -0.05) is 13.8 Å². The standard InChI is InChI=1S/C16H26N2O/c1-4-8-18-16(13-7-10-19-15(13)5-2)14-11-17-9-6-12(14)3/h6,9,11,13,15-16,18H,4-5,7-8,10H2,1-3H3. The summed E-state index contributed by atoms with van der Waals surface area (Å²) in [4.78, 5) is 4.32. The molecule has 1 aliphatic rings. The molecule has 1 fully saturated rings. The van der Waals surface area contributed by atoms with Gasteiger partial charge in [0.2, 0.25) is 0 Å². The van der Waals surface area contributed by atoms with Crippen molar-refractivity contribution in [2.24, 2.45) is 5.92 Å². The molecule has 1 N–H and O–H groups in total. The van der Waals surface area contributed by atoms with E-state index in [9.17, 15) is 0 Å². The van der Waals surface area contributed by atoms with Gasteiger partial charge in [0, 0.05) is 31.0 Å². The number of ether oxygens (including phenoxy) is 1. The SMILES string of the molecule is CCCNC(c1cnccc1C)C1CCOC1CC. The van der Waals surface area contributed by atoms with E-state index in [1.54, 1.807) is 0 Å². The van der Waals surface area contributed by atoms with E-state index in [0.29, 0.717) is 18.1 Å². The van der Waals surface area contributed by atoms with Crippen LogP contribution in [0.2, 0.25) is 0 Å². The van der Waals surface area contributed by atoms with E-state index in [0.717, 1.165) is 32.4 Å². The van der Waals surface area contributed by atoms with E-state index in [-0.39, 0.29) is 0 Å². The number of hydrogen-bond acceptors (Lipinski definition) is 3. The zero-order valence-electron chi connectivity index (χ0n) is 12.4. The van der Waals surface area contributed by atoms with Crippen molar-refractivity contribution in [2.75, 3.05) is 13.2 Å². The molecule has 2 heterocycles. The summed E-state index contributed by atoms with van der Waals surface area (Å²) in [6.45, 7) is 8.55. The smallest absolute Gasteiger partial charge is 0.0619 e. The van der Waals surface area contributed by atoms with Crippen LogP contribution in [0.25, 0.3) is 0 Å². The van der Waals surface area contributed by atoms with E-state index in [4.69, 9.17) is 4.74 Å². The van der Waals surface area contributed by atoms with Gasteiger partial charge < -0.3 is 10.1 Å². The lowest BCUT2D eigenvalue weighted by atomic mass is 9.85. The van der Waals surface area contributed by atoms with Gasteiger partial charge in [0.15, 0.2) is 0 Å². The molecule has 106 valence electrons. The van der Waals surface area contributed by atoms with Crippen LogP contribution in [0.5, 0.6) is 0 Å². The molecule has 0 bridgehead atoms. The molecular weight excluding hydrogens is 236 g/mol. The Bertz CT molecular complexity index is 394. The van der Waals surface area contributed by atoms with Crippen LogP contribution in [0, 0.1) is 12.8 Å². The van der Waals surface area contributed by atoms with Crippen LogP contribution in [0.4, 0.5) is 0 Å². The number of nitrogens with zero attached hydrogens (tertiary/aromatic N) is 1. The average Bonchev–Trinajstić information content (AvgIpc) is 2.89. The number of aromatic nitrogens is 1. The van der Waals surface area contributed by atoms with Gasteiger partial charge in [-0.05, 0) is 49.9 Å². The average molecular weight is 262 g/mol. The third-order valence-corrected chi connectivity index (χ3v) is 4.12. The molecular formula is C16H26N2O. The fraction of sp³-hybridized carbons (Fsp3) is 0.688. The van der Waals surface area contributed by atoms with Crippen molar-refractivity contribution >= 4 is 0 Å². The van der Waals surface area contributed by atoms with Crippen molar-refractivity contribution in [2.45, 2.75) is 52.2 Å². The fourth-order valence-electron chi connectivity index (χ4n) is 3.06. The molecule has 0 aromatic carbocycles. The normalized spacial score (nSPS) is 24.6. The van der Waals surface area contributed by atoms with E-state index < -0.39 is 0 Å². The predicted molar refractivity (Wildman–Crippen MR) is 78.1 cm³/mol. The number of rotatable bonds is 6. The second-order valence-corrected chi connectivity index (χ2v) is 5.43. The maximum atomic E-state index is 5.88. The minimum Gasteiger partial charge on any atom is -0.378 e. The molecule has 0 saturated carbocycles. The molecule has 3 unspecified atom stereocenters. The van der Waals surface area contributed by atoms with Crippen LogP contribution in [-0.4, -0.2) is 24.2 Å². The first-order chi connectivity index (χ1) is 9.27. The summed E-state index contributed by atoms with van der Waals surface area (Å²) in [6, 6.07) is 2.48. The van der Waals surface area contributed by atoms with Gasteiger partial charge >= 0.3 is 0 Å². The van der Waals surface area contributed by atoms with Gasteiger partial charge in [-0.2, -0.15) is 0 Å². The Morgan fingerprint density at radius 3 is 3.00 bits per heavy atom. The Morgan fingerprint density at radius 2 is 2.32 bits per heavy atom. The van der Waals surface area contributed by atoms with Gasteiger partial charge in [0.1, 0.15) is 0 Å². The summed E-state index contributed by atoms with van der Waals surface area (Å²) in [5.41, 5.74) is 2.66. The van der Waals surface area contributed by atoms with Crippen LogP contribution in [-0.2, 0) is 4.74 Å². The summed E-state index contributed by atoms with van der Waals surface area (Å²) in [6.07, 6.45) is 7.67. The third kappa shape index (κ3) is 3.34. The van der Waals surface area contributed by atoms with Crippen molar-refractivity contribution in [1.82, 2.24) is 10.3 Å². The Kier molecular flexibility index (Phi) is 5.34. The van der Waals surface area contributed by atoms with E-state index >= 15 is 0 Å². The highest BCUT2D eigenvalue weighted by Crippen LogP contribution is 2.35. The van der Waals surface area contributed by atoms with E-state index in [2.05, 4.69) is 37.1 Å². The number of hydrogen-bond donors (Lipinski definition) is 1. The highest BCUT2D eigenvalue weighted by Gasteiger charge is 2.34. The quantitative estimate of drug-likeness (QED) is 0.854. The van der Waals surface area contributed by atoms with Gasteiger partial charge in [-0.15, -0.1) is 0 Å². The molecule has 0 spiro atoms. The first-order valence-corrected chi connectivity index (χ1v) is 7.53. The van der Waals surface area contributed by atoms with Crippen molar-refractivity contribution < 1.29 is 4.74 Å². The Balaban J connectivity index is 2.22. The molecule has 3 atom stereocenters. The van der Waals surface area contributed by atoms with Crippen LogP contribution in [0.15, 0.2) is 18.5 Å². The molecule has 1 aromatic heterocycles. The summed E-state index contributed by atoms with van der Waals surface area (Å²) in [7, 11) is 0. The van der Waals surface area contributed by atoms with Crippen LogP contribution in [0.3, 0.4) is 0 Å². The van der Waals surface area contributed by atoms with Gasteiger partial charge in [0.05, 0.1) is 6.10 Å². The lowest BCUT2D eigenvalue weighted by Crippen LogP contribution is -2.33. The monoisotopic (exact) mass is 262 g/mol. The van der Waals surface area contributed by atoms with E-state index in [1.807, 2.05) is 12.4 Å². The zero-order chi connectivity index (χ0) is 13.7. The molecule has 1 aliphatic heterocycles. The first-order valence-electron chi connectivity index (χ1n) is 7.53. The van der Waals surface area contributed by atoms with Crippen LogP contribution >= 0.6 is 0 Å². The maximum Gasteiger partial charge on any atom is 0.0619 e. The molecule has 0 amide bonds. The molecule has 3 nitrogen and oxygen atoms in total. The molecule has 19 heavy (non-hydrogen) atoms. The second-order valence-electron chi connectivity index (χ2n) is 5.43. The summed E-state index contributed by atoms with van der Waals surface area (Å²) in [5.74, 6) is 0.569. The van der Waals surface area contributed by atoms with Crippen molar-refractivity contribution in [1.29, 1.82) is 0 Å². The lowest BCUT2D eigenvalue weighted by Gasteiger charge is -2.29. The van der Waals surface area contributed by atoms with Crippen molar-refractivity contribution in [3.05, 3.63) is 29.6 Å². The minimum atomic E-state index is 0.376. The second kappa shape index (κ2) is 7.01. The van der Waals surface area contributed by atoms with Gasteiger partial charge in [-0.25, -0.2) is 0 Å². The number of aryl methyl sites for hydroxylation is 1. The topological polar surface area (TPSA) is 34.2 Å². The highest BCUT2D eigenvalue weighted by molar-refractivity contribution is 5.26. The summed E-state index contributed by atoms with van der Waals surface area (Å²) in [5, 5.41) is 3.71. The minimum absolute atomic E-state index is 0.376. The molecule has 2 rings (SSSR count). The van der Waals surface area contributed by atoms with Gasteiger partial charge in [-0.3, -0.25) is 4.98 Å². The summed E-state index contributed by atoms with van der Waals surface area (Å²) < 4.78 is 5.88. The molecule has 1 saturated heterocycles. The molecule has 0 aliphatic carbocycles. The lowest BCUT2D eigenvalue weighted by molar-refractivity contribution is 0.0773. The molecule has 0 radical (unpaired) electrons. The summed E-state index contributed by atoms with van der Waals surface area (Å²) >= 11 is 0. The van der Waals surface area contributed by atoms with E-state index in [1.165, 1.54) is 11.1 Å². The van der Waals surface area contributed by atoms with Crippen molar-refractivity contribution in [3.8, 4) is 0 Å². The van der Waals surface area contributed by atoms with Crippen LogP contribution < -0.4 is 5.32 Å². The first kappa shape index (κ1) is 14.5. The Labute approximate surface area is 116 Å². The predicted octanol–water partition coefficient (Wildman–Crippen LogP) is 3.25. The highest BCUT2D eigenvalue weighted by atomic mass is 16.5. The maximum absolute atomic E-state index is 5.88. The largest absolute Gasteiger partial charge is 0.378 e. The molecule has 1 aromatic rings. The Morgan fingerprint density at radius 1 is 1.47 bits per heavy atom. The fourth-order valence-corrected chi connectivity index (χ4v) is 3.06. The molecule has 3 heteroatoms. The van der Waals surface area contributed by atoms with Crippen molar-refractivity contribution in [3.63, 3.8) is 0 Å². The van der Waals surface area contributed by atoms with Gasteiger partial charge in [0.25, 0.3) is 0 Å². The van der Waals surface area contributed by atoms with Crippen LogP contribution in [0.1, 0.15) is 50.3 Å². The number of nitrogens with one attached hydrogen (secondary N) is 1. The third-order valence-electron chi connectivity index (χ3n) is 4.12. The Hall–Kier alpha value is -0.930. The number of pyridine rings is 1. The zero-order valence-corrected chi connectivity index (χ0v) is 12.4.